The Morgan fingerprint density at radius 1 is 1.10 bits per heavy atom. The molecule has 1 amide bonds. The van der Waals surface area contributed by atoms with Crippen molar-refractivity contribution < 1.29 is 22.9 Å². The Bertz CT molecular complexity index is 888. The number of hydrogen-bond donors (Lipinski definition) is 0. The van der Waals surface area contributed by atoms with Gasteiger partial charge in [-0.15, -0.1) is 0 Å². The lowest BCUT2D eigenvalue weighted by Gasteiger charge is -2.40. The molecule has 10 nitrogen and oxygen atoms in total. The predicted octanol–water partition coefficient (Wildman–Crippen LogP) is 1.02. The van der Waals surface area contributed by atoms with Crippen molar-refractivity contribution in [3.63, 3.8) is 0 Å². The molecule has 2 heterocycles. The third-order valence-electron chi connectivity index (χ3n) is 5.22. The average Bonchev–Trinajstić information content (AvgIpc) is 2.67. The van der Waals surface area contributed by atoms with E-state index in [4.69, 9.17) is 4.74 Å². The number of nitrogens with zero attached hydrogens (tertiary/aromatic N) is 4. The summed E-state index contributed by atoms with van der Waals surface area (Å²) in [6.45, 7) is 6.74. The summed E-state index contributed by atoms with van der Waals surface area (Å²) in [5, 5.41) is 11.1. The van der Waals surface area contributed by atoms with Crippen molar-refractivity contribution in [2.45, 2.75) is 33.0 Å². The number of carbonyl (C=O) groups is 1. The van der Waals surface area contributed by atoms with Gasteiger partial charge in [0, 0.05) is 56.5 Å². The van der Waals surface area contributed by atoms with Gasteiger partial charge in [-0.25, -0.2) is 0 Å². The minimum Gasteiger partial charge on any atom is -0.373 e. The fraction of sp³-hybridized carbons (Fsp3) is 0.611. The molecule has 0 unspecified atom stereocenters. The molecule has 1 aromatic carbocycles. The summed E-state index contributed by atoms with van der Waals surface area (Å²) in [4.78, 5) is 24.9. The number of nitro groups is 1. The summed E-state index contributed by atoms with van der Waals surface area (Å²) in [5.41, 5.74) is 0.610. The van der Waals surface area contributed by atoms with Crippen molar-refractivity contribution in [1.82, 2.24) is 13.5 Å². The van der Waals surface area contributed by atoms with E-state index in [1.165, 1.54) is 19.6 Å². The molecule has 11 heteroatoms. The van der Waals surface area contributed by atoms with Gasteiger partial charge in [0.05, 0.1) is 17.1 Å². The first-order valence-corrected chi connectivity index (χ1v) is 10.9. The van der Waals surface area contributed by atoms with Gasteiger partial charge in [0.15, 0.2) is 0 Å². The number of aryl methyl sites for hydroxylation is 1. The zero-order chi connectivity index (χ0) is 21.3. The topological polar surface area (TPSA) is 113 Å². The van der Waals surface area contributed by atoms with Crippen molar-refractivity contribution in [2.75, 3.05) is 39.3 Å². The minimum atomic E-state index is -3.63. The Hall–Kier alpha value is -2.08. The highest BCUT2D eigenvalue weighted by atomic mass is 32.2. The first-order valence-electron chi connectivity index (χ1n) is 9.54. The molecule has 160 valence electrons. The van der Waals surface area contributed by atoms with E-state index in [0.717, 1.165) is 0 Å². The van der Waals surface area contributed by atoms with Gasteiger partial charge in [0.25, 0.3) is 21.8 Å². The Labute approximate surface area is 170 Å². The zero-order valence-electron chi connectivity index (χ0n) is 16.8. The van der Waals surface area contributed by atoms with Crippen LogP contribution >= 0.6 is 0 Å². The van der Waals surface area contributed by atoms with Crippen LogP contribution in [0.15, 0.2) is 18.2 Å². The molecule has 0 aromatic heterocycles. The lowest BCUT2D eigenvalue weighted by molar-refractivity contribution is -0.385. The van der Waals surface area contributed by atoms with E-state index in [1.807, 2.05) is 13.8 Å². The highest BCUT2D eigenvalue weighted by molar-refractivity contribution is 7.86. The van der Waals surface area contributed by atoms with Crippen molar-refractivity contribution in [2.24, 2.45) is 0 Å². The van der Waals surface area contributed by atoms with E-state index >= 15 is 0 Å². The molecule has 2 aliphatic rings. The second-order valence-electron chi connectivity index (χ2n) is 7.53. The standard InChI is InChI=1S/C18H26N4O6S/c1-13-4-5-16(10-17(13)22(24)25)18(23)19-6-8-20(9-7-19)29(26,27)21-11-14(2)28-15(3)12-21/h4-5,10,14-15H,6-9,11-12H2,1-3H3/t14-,15-/m1/s1. The van der Waals surface area contributed by atoms with Crippen molar-refractivity contribution in [1.29, 1.82) is 0 Å². The minimum absolute atomic E-state index is 0.104. The molecule has 0 N–H and O–H groups in total. The molecular weight excluding hydrogens is 400 g/mol. The second kappa shape index (κ2) is 8.34. The summed E-state index contributed by atoms with van der Waals surface area (Å²) < 4.78 is 34.3. The quantitative estimate of drug-likeness (QED) is 0.525. The fourth-order valence-corrected chi connectivity index (χ4v) is 5.47. The maximum atomic E-state index is 13.0. The SMILES string of the molecule is Cc1ccc(C(=O)N2CCN(S(=O)(=O)N3C[C@@H](C)O[C@H](C)C3)CC2)cc1[N+](=O)[O-]. The average molecular weight is 426 g/mol. The molecule has 2 aliphatic heterocycles. The van der Waals surface area contributed by atoms with Gasteiger partial charge in [-0.05, 0) is 26.8 Å². The van der Waals surface area contributed by atoms with Crippen LogP contribution in [0.4, 0.5) is 5.69 Å². The molecule has 2 atom stereocenters. The molecule has 0 bridgehead atoms. The number of rotatable bonds is 4. The van der Waals surface area contributed by atoms with E-state index in [9.17, 15) is 23.3 Å². The maximum Gasteiger partial charge on any atom is 0.282 e. The Kier molecular flexibility index (Phi) is 6.22. The van der Waals surface area contributed by atoms with Crippen LogP contribution in [0.25, 0.3) is 0 Å². The monoisotopic (exact) mass is 426 g/mol. The molecule has 0 radical (unpaired) electrons. The van der Waals surface area contributed by atoms with Gasteiger partial charge in [0.2, 0.25) is 0 Å². The number of benzene rings is 1. The van der Waals surface area contributed by atoms with Crippen LogP contribution in [0.2, 0.25) is 0 Å². The molecular formula is C18H26N4O6S. The summed E-state index contributed by atoms with van der Waals surface area (Å²) in [7, 11) is -3.63. The van der Waals surface area contributed by atoms with E-state index in [-0.39, 0.29) is 55.5 Å². The van der Waals surface area contributed by atoms with E-state index in [0.29, 0.717) is 18.7 Å². The Morgan fingerprint density at radius 2 is 1.69 bits per heavy atom. The smallest absolute Gasteiger partial charge is 0.282 e. The number of hydrogen-bond acceptors (Lipinski definition) is 6. The molecule has 2 saturated heterocycles. The molecule has 1 aromatic rings. The van der Waals surface area contributed by atoms with Gasteiger partial charge in [-0.3, -0.25) is 14.9 Å². The summed E-state index contributed by atoms with van der Waals surface area (Å²) in [6, 6.07) is 4.38. The number of carbonyl (C=O) groups excluding carboxylic acids is 1. The highest BCUT2D eigenvalue weighted by Crippen LogP contribution is 2.22. The summed E-state index contributed by atoms with van der Waals surface area (Å²) in [6.07, 6.45) is -0.345. The van der Waals surface area contributed by atoms with E-state index in [2.05, 4.69) is 0 Å². The van der Waals surface area contributed by atoms with Crippen LogP contribution in [-0.4, -0.2) is 84.2 Å². The third-order valence-corrected chi connectivity index (χ3v) is 7.19. The number of piperazine rings is 1. The Balaban J connectivity index is 1.66. The molecule has 0 saturated carbocycles. The number of morpholine rings is 1. The van der Waals surface area contributed by atoms with Crippen LogP contribution in [0, 0.1) is 17.0 Å². The van der Waals surface area contributed by atoms with Gasteiger partial charge in [0.1, 0.15) is 0 Å². The Morgan fingerprint density at radius 3 is 2.24 bits per heavy atom. The van der Waals surface area contributed by atoms with Gasteiger partial charge >= 0.3 is 0 Å². The molecule has 0 spiro atoms. The van der Waals surface area contributed by atoms with Gasteiger partial charge in [-0.2, -0.15) is 17.0 Å². The first-order chi connectivity index (χ1) is 13.6. The normalized spacial score (nSPS) is 24.4. The predicted molar refractivity (Wildman–Crippen MR) is 106 cm³/mol. The first kappa shape index (κ1) is 21.6. The van der Waals surface area contributed by atoms with Crippen molar-refractivity contribution in [3.05, 3.63) is 39.4 Å². The molecule has 2 fully saturated rings. The van der Waals surface area contributed by atoms with Crippen molar-refractivity contribution in [3.8, 4) is 0 Å². The number of nitro benzene ring substituents is 1. The van der Waals surface area contributed by atoms with Gasteiger partial charge in [-0.1, -0.05) is 6.07 Å². The largest absolute Gasteiger partial charge is 0.373 e. The summed E-state index contributed by atoms with van der Waals surface area (Å²) in [5.74, 6) is -0.334. The lowest BCUT2D eigenvalue weighted by atomic mass is 10.1. The van der Waals surface area contributed by atoms with Crippen molar-refractivity contribution >= 4 is 21.8 Å². The van der Waals surface area contributed by atoms with E-state index < -0.39 is 15.1 Å². The lowest BCUT2D eigenvalue weighted by Crippen LogP contribution is -2.57. The fourth-order valence-electron chi connectivity index (χ4n) is 3.73. The number of ether oxygens (including phenoxy) is 1. The zero-order valence-corrected chi connectivity index (χ0v) is 17.6. The van der Waals surface area contributed by atoms with Crippen LogP contribution in [0.5, 0.6) is 0 Å². The number of amides is 1. The molecule has 29 heavy (non-hydrogen) atoms. The van der Waals surface area contributed by atoms with Crippen LogP contribution in [-0.2, 0) is 14.9 Å². The second-order valence-corrected chi connectivity index (χ2v) is 9.46. The molecule has 0 aliphatic carbocycles. The van der Waals surface area contributed by atoms with E-state index in [1.54, 1.807) is 19.1 Å². The third kappa shape index (κ3) is 4.58. The highest BCUT2D eigenvalue weighted by Gasteiger charge is 2.37. The van der Waals surface area contributed by atoms with Crippen LogP contribution < -0.4 is 0 Å². The maximum absolute atomic E-state index is 13.0. The van der Waals surface area contributed by atoms with Crippen LogP contribution in [0.1, 0.15) is 29.8 Å². The van der Waals surface area contributed by atoms with Gasteiger partial charge < -0.3 is 9.64 Å². The molecule has 3 rings (SSSR count). The summed E-state index contributed by atoms with van der Waals surface area (Å²) >= 11 is 0. The van der Waals surface area contributed by atoms with Crippen LogP contribution in [0.3, 0.4) is 0 Å².